The molecule has 0 spiro atoms. The molecule has 0 atom stereocenters. The topological polar surface area (TPSA) is 175 Å². The van der Waals surface area contributed by atoms with E-state index in [1.165, 1.54) is 0 Å². The summed E-state index contributed by atoms with van der Waals surface area (Å²) >= 11 is 0. The number of allylic oxidation sites excluding steroid dienone is 3. The Labute approximate surface area is 234 Å². The molecular formula is C30H29N5O6. The number of carbonyl (C=O) groups is 2. The molecule has 0 radical (unpaired) electrons. The number of nitrogens with zero attached hydrogens (tertiary/aromatic N) is 3. The van der Waals surface area contributed by atoms with Crippen LogP contribution in [0.3, 0.4) is 0 Å². The van der Waals surface area contributed by atoms with Crippen LogP contribution in [0.25, 0.3) is 44.9 Å². The average molecular weight is 556 g/mol. The standard InChI is InChI=1S/C30H29N5O6/c1-14-9-18-10-22-17(4)30(35(40)41)27(34-22)12-24-16(3)20(6-8-29(38)39)26(33-24)13-25-19(5-7-28(36)37)15(2)23(32-25)11-21(14)31-18/h9-13,32,34H,5-8H2,1-4H3,(H,36,37)(H,38,39). The second kappa shape index (κ2) is 10.5. The molecule has 3 aromatic heterocycles. The molecule has 5 rings (SSSR count). The van der Waals surface area contributed by atoms with Crippen LogP contribution < -0.4 is 0 Å². The third kappa shape index (κ3) is 5.25. The van der Waals surface area contributed by atoms with Gasteiger partial charge in [-0.25, -0.2) is 9.97 Å². The van der Waals surface area contributed by atoms with Crippen molar-refractivity contribution in [3.05, 3.63) is 73.8 Å². The second-order valence-electron chi connectivity index (χ2n) is 10.3. The SMILES string of the molecule is CC1=Cc2cc3[nH]c(cc4nc(cc5[nH]c(cc1n2)c(C)c5CCC(=O)O)C(CCC(=O)O)=C4C)c([N+](=O)[O-])c3C. The number of carboxylic acid groups (broad SMARTS) is 2. The molecule has 0 amide bonds. The maximum absolute atomic E-state index is 12.1. The normalized spacial score (nSPS) is 12.9. The maximum atomic E-state index is 12.1. The van der Waals surface area contributed by atoms with E-state index in [-0.39, 0.29) is 36.9 Å². The van der Waals surface area contributed by atoms with Gasteiger partial charge in [0.15, 0.2) is 0 Å². The lowest BCUT2D eigenvalue weighted by Crippen LogP contribution is -1.98. The van der Waals surface area contributed by atoms with Gasteiger partial charge in [0, 0.05) is 23.9 Å². The lowest BCUT2D eigenvalue weighted by molar-refractivity contribution is -0.383. The predicted octanol–water partition coefficient (Wildman–Crippen LogP) is 6.21. The number of carboxylic acids is 2. The first-order chi connectivity index (χ1) is 19.4. The van der Waals surface area contributed by atoms with E-state index in [1.807, 2.05) is 32.9 Å². The number of aliphatic carboxylic acids is 2. The van der Waals surface area contributed by atoms with Crippen molar-refractivity contribution in [1.29, 1.82) is 0 Å². The number of H-pyrrole nitrogens is 2. The molecule has 0 saturated heterocycles. The summed E-state index contributed by atoms with van der Waals surface area (Å²) in [5, 5.41) is 30.9. The average Bonchev–Trinajstić information content (AvgIpc) is 3.56. The molecule has 0 aliphatic carbocycles. The molecule has 0 fully saturated rings. The molecule has 41 heavy (non-hydrogen) atoms. The number of hydrogen-bond donors (Lipinski definition) is 4. The van der Waals surface area contributed by atoms with Crippen molar-refractivity contribution in [3.63, 3.8) is 0 Å². The van der Waals surface area contributed by atoms with E-state index in [0.29, 0.717) is 50.5 Å². The number of fused-ring (bicyclic) bond motifs is 8. The fourth-order valence-corrected chi connectivity index (χ4v) is 5.38. The number of nitrogens with one attached hydrogen (secondary N) is 2. The highest BCUT2D eigenvalue weighted by Gasteiger charge is 2.23. The highest BCUT2D eigenvalue weighted by Crippen LogP contribution is 2.36. The van der Waals surface area contributed by atoms with Gasteiger partial charge < -0.3 is 20.2 Å². The molecule has 2 aliphatic heterocycles. The number of nitro groups is 1. The third-order valence-corrected chi connectivity index (χ3v) is 7.64. The van der Waals surface area contributed by atoms with Crippen molar-refractivity contribution >= 4 is 62.5 Å². The monoisotopic (exact) mass is 555 g/mol. The van der Waals surface area contributed by atoms with Crippen molar-refractivity contribution in [3.8, 4) is 0 Å². The zero-order valence-corrected chi connectivity index (χ0v) is 23.1. The number of aromatic amines is 2. The van der Waals surface area contributed by atoms with Crippen molar-refractivity contribution in [2.45, 2.75) is 53.4 Å². The molecule has 2 aliphatic rings. The molecule has 210 valence electrons. The van der Waals surface area contributed by atoms with Crippen molar-refractivity contribution in [2.75, 3.05) is 0 Å². The van der Waals surface area contributed by atoms with Crippen molar-refractivity contribution < 1.29 is 24.7 Å². The van der Waals surface area contributed by atoms with Gasteiger partial charge in [0.25, 0.3) is 5.69 Å². The minimum Gasteiger partial charge on any atom is -0.481 e. The summed E-state index contributed by atoms with van der Waals surface area (Å²) in [7, 11) is 0. The first kappa shape index (κ1) is 27.5. The molecule has 11 heteroatoms. The smallest absolute Gasteiger partial charge is 0.303 e. The Morgan fingerprint density at radius 1 is 0.805 bits per heavy atom. The second-order valence-corrected chi connectivity index (χ2v) is 10.3. The number of hydrogen-bond acceptors (Lipinski definition) is 6. The summed E-state index contributed by atoms with van der Waals surface area (Å²) in [5.41, 5.74) is 9.04. The van der Waals surface area contributed by atoms with Gasteiger partial charge in [-0.05, 0) is 98.7 Å². The number of rotatable bonds is 7. The highest BCUT2D eigenvalue weighted by atomic mass is 16.6. The first-order valence-electron chi connectivity index (χ1n) is 13.1. The van der Waals surface area contributed by atoms with Gasteiger partial charge in [0.05, 0.1) is 38.8 Å². The molecule has 8 bridgehead atoms. The van der Waals surface area contributed by atoms with E-state index in [0.717, 1.165) is 22.2 Å². The van der Waals surface area contributed by atoms with Gasteiger partial charge in [-0.2, -0.15) is 0 Å². The number of aryl methyl sites for hydroxylation is 3. The molecule has 3 aromatic rings. The van der Waals surface area contributed by atoms with Crippen LogP contribution in [0.1, 0.15) is 72.6 Å². The Morgan fingerprint density at radius 2 is 1.41 bits per heavy atom. The Kier molecular flexibility index (Phi) is 7.04. The largest absolute Gasteiger partial charge is 0.481 e. The van der Waals surface area contributed by atoms with Crippen LogP contribution in [0.15, 0.2) is 24.3 Å². The van der Waals surface area contributed by atoms with Crippen LogP contribution in [0.4, 0.5) is 5.69 Å². The fraction of sp³-hybridized carbons (Fsp3) is 0.267. The summed E-state index contributed by atoms with van der Waals surface area (Å²) in [5.74, 6) is -1.87. The molecule has 0 aromatic carbocycles. The Morgan fingerprint density at radius 3 is 2.10 bits per heavy atom. The van der Waals surface area contributed by atoms with Gasteiger partial charge in [-0.1, -0.05) is 0 Å². The summed E-state index contributed by atoms with van der Waals surface area (Å²) in [4.78, 5) is 50.7. The van der Waals surface area contributed by atoms with Crippen LogP contribution >= 0.6 is 0 Å². The highest BCUT2D eigenvalue weighted by molar-refractivity contribution is 5.94. The molecular weight excluding hydrogens is 526 g/mol. The van der Waals surface area contributed by atoms with Crippen LogP contribution in [0.5, 0.6) is 0 Å². The van der Waals surface area contributed by atoms with Gasteiger partial charge in [-0.15, -0.1) is 0 Å². The van der Waals surface area contributed by atoms with E-state index in [2.05, 4.69) is 9.97 Å². The van der Waals surface area contributed by atoms with Crippen LogP contribution in [-0.2, 0) is 16.0 Å². The Hall–Kier alpha value is -5.06. The molecule has 11 nitrogen and oxygen atoms in total. The zero-order chi connectivity index (χ0) is 29.6. The molecule has 0 saturated carbocycles. The van der Waals surface area contributed by atoms with Crippen molar-refractivity contribution in [1.82, 2.24) is 19.9 Å². The van der Waals surface area contributed by atoms with E-state index in [9.17, 15) is 29.9 Å². The van der Waals surface area contributed by atoms with Gasteiger partial charge >= 0.3 is 11.9 Å². The fourth-order valence-electron chi connectivity index (χ4n) is 5.38. The van der Waals surface area contributed by atoms with E-state index in [4.69, 9.17) is 9.97 Å². The summed E-state index contributed by atoms with van der Waals surface area (Å²) in [6, 6.07) is 7.09. The van der Waals surface area contributed by atoms with Crippen molar-refractivity contribution in [2.24, 2.45) is 0 Å². The number of aromatic nitrogens is 4. The minimum atomic E-state index is -0.956. The van der Waals surface area contributed by atoms with E-state index in [1.54, 1.807) is 25.1 Å². The van der Waals surface area contributed by atoms with Crippen LogP contribution in [0.2, 0.25) is 0 Å². The first-order valence-corrected chi connectivity index (χ1v) is 13.1. The molecule has 4 N–H and O–H groups in total. The predicted molar refractivity (Wildman–Crippen MR) is 156 cm³/mol. The summed E-state index contributed by atoms with van der Waals surface area (Å²) in [6.45, 7) is 7.35. The van der Waals surface area contributed by atoms with Gasteiger partial charge in [0.2, 0.25) is 0 Å². The van der Waals surface area contributed by atoms with Crippen LogP contribution in [-0.4, -0.2) is 47.0 Å². The van der Waals surface area contributed by atoms with E-state index < -0.39 is 16.9 Å². The molecule has 0 unspecified atom stereocenters. The zero-order valence-electron chi connectivity index (χ0n) is 23.1. The third-order valence-electron chi connectivity index (χ3n) is 7.64. The summed E-state index contributed by atoms with van der Waals surface area (Å²) < 4.78 is 0. The Balaban J connectivity index is 1.92. The quantitative estimate of drug-likeness (QED) is 0.196. The Bertz CT molecular complexity index is 1880. The maximum Gasteiger partial charge on any atom is 0.303 e. The minimum absolute atomic E-state index is 0.0674. The lowest BCUT2D eigenvalue weighted by Gasteiger charge is -2.03. The van der Waals surface area contributed by atoms with Gasteiger partial charge in [-0.3, -0.25) is 19.7 Å². The van der Waals surface area contributed by atoms with Gasteiger partial charge in [0.1, 0.15) is 5.52 Å². The molecule has 5 heterocycles. The van der Waals surface area contributed by atoms with E-state index >= 15 is 0 Å². The lowest BCUT2D eigenvalue weighted by atomic mass is 10.0. The summed E-state index contributed by atoms with van der Waals surface area (Å²) in [6.07, 6.45) is 2.21. The van der Waals surface area contributed by atoms with Crippen LogP contribution in [0, 0.1) is 24.0 Å².